The van der Waals surface area contributed by atoms with E-state index in [1.165, 1.54) is 0 Å². The number of nitrogens with two attached hydrogens (primary N) is 1. The van der Waals surface area contributed by atoms with Gasteiger partial charge < -0.3 is 15.5 Å². The van der Waals surface area contributed by atoms with E-state index >= 15 is 0 Å². The molecule has 4 N–H and O–H groups in total. The Morgan fingerprint density at radius 2 is 1.51 bits per heavy atom. The van der Waals surface area contributed by atoms with Gasteiger partial charge in [-0.2, -0.15) is 4.72 Å². The van der Waals surface area contributed by atoms with Gasteiger partial charge in [-0.3, -0.25) is 10.2 Å². The highest BCUT2D eigenvalue weighted by Gasteiger charge is 2.34. The summed E-state index contributed by atoms with van der Waals surface area (Å²) in [7, 11) is -2.06. The fraction of sp³-hybridized carbons (Fsp3) is 0.533. The Hall–Kier alpha value is -2.75. The van der Waals surface area contributed by atoms with E-state index in [9.17, 15) is 13.2 Å². The van der Waals surface area contributed by atoms with Gasteiger partial charge in [0.05, 0.1) is 4.90 Å². The molecule has 1 heterocycles. The monoisotopic (exact) mass is 555 g/mol. The Labute approximate surface area is 234 Å². The summed E-state index contributed by atoms with van der Waals surface area (Å²) in [4.78, 5) is 18.0. The minimum atomic E-state index is -4.07. The second-order valence-electron chi connectivity index (χ2n) is 11.6. The van der Waals surface area contributed by atoms with Gasteiger partial charge in [0.2, 0.25) is 15.9 Å². The van der Waals surface area contributed by atoms with Crippen molar-refractivity contribution in [3.63, 3.8) is 0 Å². The quantitative estimate of drug-likeness (QED) is 0.302. The van der Waals surface area contributed by atoms with E-state index in [-0.39, 0.29) is 40.8 Å². The molecule has 2 aromatic carbocycles. The van der Waals surface area contributed by atoms with Crippen molar-refractivity contribution in [2.45, 2.75) is 76.7 Å². The molecule has 2 aromatic rings. The number of rotatable bonds is 10. The summed E-state index contributed by atoms with van der Waals surface area (Å²) in [5.41, 5.74) is 9.61. The third-order valence-corrected chi connectivity index (χ3v) is 9.04. The lowest BCUT2D eigenvalue weighted by molar-refractivity contribution is -0.134. The number of carbonyl (C=O) groups excluding carboxylic acids is 1. The lowest BCUT2D eigenvalue weighted by atomic mass is 9.89. The van der Waals surface area contributed by atoms with E-state index in [1.807, 2.05) is 52.9 Å². The topological polar surface area (TPSA) is 120 Å². The lowest BCUT2D eigenvalue weighted by Gasteiger charge is -2.35. The summed E-state index contributed by atoms with van der Waals surface area (Å²) >= 11 is 0. The number of amidine groups is 1. The maximum atomic E-state index is 14.2. The third kappa shape index (κ3) is 7.47. The fourth-order valence-electron chi connectivity index (χ4n) is 4.97. The van der Waals surface area contributed by atoms with Crippen LogP contribution in [-0.4, -0.2) is 69.2 Å². The van der Waals surface area contributed by atoms with Gasteiger partial charge in [-0.1, -0.05) is 71.9 Å². The minimum Gasteiger partial charge on any atom is -0.384 e. The summed E-state index contributed by atoms with van der Waals surface area (Å²) in [6.45, 7) is 14.8. The molecule has 0 spiro atoms. The van der Waals surface area contributed by atoms with Crippen LogP contribution in [0.5, 0.6) is 0 Å². The first-order chi connectivity index (χ1) is 18.2. The first-order valence-corrected chi connectivity index (χ1v) is 15.3. The van der Waals surface area contributed by atoms with Crippen LogP contribution in [0, 0.1) is 5.41 Å². The Morgan fingerprint density at radius 1 is 0.949 bits per heavy atom. The molecule has 0 aromatic heterocycles. The van der Waals surface area contributed by atoms with Crippen LogP contribution >= 0.6 is 0 Å². The van der Waals surface area contributed by atoms with Crippen LogP contribution in [0.2, 0.25) is 0 Å². The molecule has 1 aliphatic rings. The number of likely N-dealkylation sites (N-methyl/N-ethyl adjacent to an activating group) is 1. The predicted octanol–water partition coefficient (Wildman–Crippen LogP) is 4.00. The highest BCUT2D eigenvalue weighted by molar-refractivity contribution is 7.89. The van der Waals surface area contributed by atoms with Crippen LogP contribution < -0.4 is 10.5 Å². The van der Waals surface area contributed by atoms with Crippen LogP contribution in [0.4, 0.5) is 0 Å². The number of sulfonamides is 1. The van der Waals surface area contributed by atoms with Gasteiger partial charge in [0.15, 0.2) is 0 Å². The number of nitrogens with one attached hydrogen (secondary N) is 2. The van der Waals surface area contributed by atoms with Gasteiger partial charge in [-0.15, -0.1) is 0 Å². The highest BCUT2D eigenvalue weighted by atomic mass is 32.2. The number of hydrogen-bond acceptors (Lipinski definition) is 5. The third-order valence-electron chi connectivity index (χ3n) is 7.44. The largest absolute Gasteiger partial charge is 0.384 e. The number of amides is 1. The zero-order valence-electron chi connectivity index (χ0n) is 24.4. The average molecular weight is 556 g/mol. The molecular weight excluding hydrogens is 510 g/mol. The standard InChI is InChI=1S/C30H45N5O3S/c1-19(2)24-17-25(20(3)4)28(26(18-24)21(5)6)39(37,38)33-27(30(36)35-13-11-34(7)12-14-35)16-22-9-8-10-23(15-22)29(31)32/h8-10,15,17-21,27,33H,11-14,16H2,1-7H3,(H3,31,32). The molecule has 1 atom stereocenters. The molecule has 214 valence electrons. The number of carbonyl (C=O) groups is 1. The summed E-state index contributed by atoms with van der Waals surface area (Å²) < 4.78 is 31.3. The summed E-state index contributed by atoms with van der Waals surface area (Å²) in [6.07, 6.45) is 0.156. The summed E-state index contributed by atoms with van der Waals surface area (Å²) in [5, 5.41) is 7.80. The van der Waals surface area contributed by atoms with E-state index in [0.717, 1.165) is 35.3 Å². The minimum absolute atomic E-state index is 0.0215. The van der Waals surface area contributed by atoms with Crippen molar-refractivity contribution in [3.8, 4) is 0 Å². The van der Waals surface area contributed by atoms with Crippen molar-refractivity contribution in [1.29, 1.82) is 5.41 Å². The van der Waals surface area contributed by atoms with Crippen molar-refractivity contribution in [2.24, 2.45) is 5.73 Å². The van der Waals surface area contributed by atoms with Gasteiger partial charge in [-0.05, 0) is 59.5 Å². The Morgan fingerprint density at radius 3 is 2.00 bits per heavy atom. The number of piperazine rings is 1. The SMILES string of the molecule is CC(C)c1cc(C(C)C)c(S(=O)(=O)NC(Cc2cccc(C(=N)N)c2)C(=O)N2CCN(C)CC2)c(C(C)C)c1. The first-order valence-electron chi connectivity index (χ1n) is 13.8. The highest BCUT2D eigenvalue weighted by Crippen LogP contribution is 2.35. The van der Waals surface area contributed by atoms with Crippen LogP contribution in [0.15, 0.2) is 41.3 Å². The Kier molecular flexibility index (Phi) is 9.96. The normalized spacial score (nSPS) is 15.8. The van der Waals surface area contributed by atoms with Gasteiger partial charge in [-0.25, -0.2) is 8.42 Å². The van der Waals surface area contributed by atoms with Gasteiger partial charge in [0.1, 0.15) is 11.9 Å². The molecule has 39 heavy (non-hydrogen) atoms. The molecule has 1 aliphatic heterocycles. The summed E-state index contributed by atoms with van der Waals surface area (Å²) in [6, 6.07) is 10.1. The smallest absolute Gasteiger partial charge is 0.241 e. The summed E-state index contributed by atoms with van der Waals surface area (Å²) in [5.74, 6) is -0.105. The van der Waals surface area contributed by atoms with Crippen molar-refractivity contribution >= 4 is 21.8 Å². The van der Waals surface area contributed by atoms with E-state index in [1.54, 1.807) is 23.1 Å². The lowest BCUT2D eigenvalue weighted by Crippen LogP contribution is -2.55. The van der Waals surface area contributed by atoms with E-state index in [2.05, 4.69) is 23.5 Å². The molecule has 0 radical (unpaired) electrons. The molecule has 0 aliphatic carbocycles. The molecule has 1 unspecified atom stereocenters. The molecule has 1 amide bonds. The van der Waals surface area contributed by atoms with Gasteiger partial charge in [0.25, 0.3) is 0 Å². The zero-order valence-corrected chi connectivity index (χ0v) is 25.2. The zero-order chi connectivity index (χ0) is 29.1. The number of hydrogen-bond donors (Lipinski definition) is 3. The maximum absolute atomic E-state index is 14.2. The van der Waals surface area contributed by atoms with Crippen molar-refractivity contribution < 1.29 is 13.2 Å². The molecule has 9 heteroatoms. The number of nitrogen functional groups attached to an aromatic ring is 1. The Balaban J connectivity index is 2.09. The second-order valence-corrected chi connectivity index (χ2v) is 13.3. The van der Waals surface area contributed by atoms with E-state index < -0.39 is 16.1 Å². The van der Waals surface area contributed by atoms with Crippen LogP contribution in [-0.2, 0) is 21.2 Å². The molecule has 1 saturated heterocycles. The van der Waals surface area contributed by atoms with E-state index in [0.29, 0.717) is 18.7 Å². The van der Waals surface area contributed by atoms with Crippen LogP contribution in [0.3, 0.4) is 0 Å². The fourth-order valence-corrected chi connectivity index (χ4v) is 6.86. The van der Waals surface area contributed by atoms with Crippen molar-refractivity contribution in [3.05, 3.63) is 64.2 Å². The molecule has 0 bridgehead atoms. The van der Waals surface area contributed by atoms with Crippen LogP contribution in [0.1, 0.15) is 87.1 Å². The second kappa shape index (κ2) is 12.6. The van der Waals surface area contributed by atoms with Crippen LogP contribution in [0.25, 0.3) is 0 Å². The predicted molar refractivity (Wildman–Crippen MR) is 158 cm³/mol. The molecule has 3 rings (SSSR count). The average Bonchev–Trinajstić information content (AvgIpc) is 2.87. The number of benzene rings is 2. The Bertz CT molecular complexity index is 1270. The maximum Gasteiger partial charge on any atom is 0.241 e. The van der Waals surface area contributed by atoms with E-state index in [4.69, 9.17) is 11.1 Å². The first kappa shape index (κ1) is 30.8. The van der Waals surface area contributed by atoms with Crippen molar-refractivity contribution in [2.75, 3.05) is 33.2 Å². The number of nitrogens with zero attached hydrogens (tertiary/aromatic N) is 2. The van der Waals surface area contributed by atoms with Crippen molar-refractivity contribution in [1.82, 2.24) is 14.5 Å². The molecular formula is C30H45N5O3S. The molecule has 8 nitrogen and oxygen atoms in total. The molecule has 0 saturated carbocycles. The van der Waals surface area contributed by atoms with Gasteiger partial charge >= 0.3 is 0 Å². The van der Waals surface area contributed by atoms with Gasteiger partial charge in [0, 0.05) is 31.7 Å². The molecule has 1 fully saturated rings.